The van der Waals surface area contributed by atoms with Crippen molar-refractivity contribution < 1.29 is 22.8 Å². The van der Waals surface area contributed by atoms with Gasteiger partial charge in [0.2, 0.25) is 11.8 Å². The maximum Gasteiger partial charge on any atom is 0.418 e. The summed E-state index contributed by atoms with van der Waals surface area (Å²) in [5, 5.41) is 4.34. The summed E-state index contributed by atoms with van der Waals surface area (Å²) < 4.78 is 39.5. The second-order valence-corrected chi connectivity index (χ2v) is 8.11. The molecule has 0 bridgehead atoms. The van der Waals surface area contributed by atoms with Gasteiger partial charge in [0.25, 0.3) is 0 Å². The van der Waals surface area contributed by atoms with Gasteiger partial charge in [-0.15, -0.1) is 11.8 Å². The third-order valence-corrected chi connectivity index (χ3v) is 5.15. The number of anilines is 2. The van der Waals surface area contributed by atoms with Gasteiger partial charge in [0, 0.05) is 22.0 Å². The van der Waals surface area contributed by atoms with Gasteiger partial charge in [-0.3, -0.25) is 9.59 Å². The third-order valence-electron chi connectivity index (χ3n) is 3.82. The molecule has 0 radical (unpaired) electrons. The van der Waals surface area contributed by atoms with Gasteiger partial charge in [-0.2, -0.15) is 13.2 Å². The van der Waals surface area contributed by atoms with E-state index in [1.165, 1.54) is 17.8 Å². The number of nitrogens with one attached hydrogen (secondary N) is 2. The van der Waals surface area contributed by atoms with E-state index in [1.54, 1.807) is 31.2 Å². The Balaban J connectivity index is 2.08. The molecule has 0 fully saturated rings. The zero-order chi connectivity index (χ0) is 21.6. The van der Waals surface area contributed by atoms with Crippen LogP contribution in [0.15, 0.2) is 47.4 Å². The van der Waals surface area contributed by atoms with E-state index in [-0.39, 0.29) is 16.6 Å². The fourth-order valence-electron chi connectivity index (χ4n) is 2.45. The highest BCUT2D eigenvalue weighted by Crippen LogP contribution is 2.37. The number of carbonyl (C=O) groups excluding carboxylic acids is 2. The number of amides is 2. The molecule has 0 aliphatic heterocycles. The first kappa shape index (κ1) is 23.1. The van der Waals surface area contributed by atoms with Crippen molar-refractivity contribution in [3.8, 4) is 0 Å². The fourth-order valence-corrected chi connectivity index (χ4v) is 3.55. The zero-order valence-electron chi connectivity index (χ0n) is 15.8. The molecule has 0 heterocycles. The normalized spacial score (nSPS) is 12.3. The van der Waals surface area contributed by atoms with Crippen molar-refractivity contribution in [3.63, 3.8) is 0 Å². The summed E-state index contributed by atoms with van der Waals surface area (Å²) in [6, 6.07) is 10.1. The van der Waals surface area contributed by atoms with Crippen LogP contribution in [-0.4, -0.2) is 17.1 Å². The van der Waals surface area contributed by atoms with Gasteiger partial charge >= 0.3 is 6.18 Å². The third kappa shape index (κ3) is 6.97. The topological polar surface area (TPSA) is 58.2 Å². The van der Waals surface area contributed by atoms with E-state index in [0.29, 0.717) is 17.0 Å². The van der Waals surface area contributed by atoms with Crippen LogP contribution in [0.5, 0.6) is 0 Å². The Kier molecular flexibility index (Phi) is 7.98. The lowest BCUT2D eigenvalue weighted by Gasteiger charge is -2.17. The standard InChI is InChI=1S/C20H20ClF3N2O2S/c1-3-5-18(27)25-14-6-4-7-15(11-14)29-12(2)19(28)26-17-9-8-13(21)10-16(17)20(22,23)24/h4,6-12H,3,5H2,1-2H3,(H,25,27)(H,26,28). The molecule has 0 saturated carbocycles. The molecular formula is C20H20ClF3N2O2S. The molecule has 2 amide bonds. The minimum Gasteiger partial charge on any atom is -0.326 e. The van der Waals surface area contributed by atoms with Gasteiger partial charge in [-0.1, -0.05) is 24.6 Å². The van der Waals surface area contributed by atoms with Crippen LogP contribution in [-0.2, 0) is 15.8 Å². The molecule has 0 aromatic heterocycles. The van der Waals surface area contributed by atoms with Crippen LogP contribution in [0.1, 0.15) is 32.3 Å². The van der Waals surface area contributed by atoms with E-state index in [4.69, 9.17) is 11.6 Å². The first-order valence-corrected chi connectivity index (χ1v) is 10.1. The van der Waals surface area contributed by atoms with E-state index >= 15 is 0 Å². The molecule has 1 unspecified atom stereocenters. The van der Waals surface area contributed by atoms with E-state index in [1.807, 2.05) is 6.92 Å². The molecule has 9 heteroatoms. The number of rotatable bonds is 7. The summed E-state index contributed by atoms with van der Waals surface area (Å²) in [6.07, 6.45) is -3.52. The van der Waals surface area contributed by atoms with Gasteiger partial charge < -0.3 is 10.6 Å². The molecule has 2 N–H and O–H groups in total. The summed E-state index contributed by atoms with van der Waals surface area (Å²) in [7, 11) is 0. The highest BCUT2D eigenvalue weighted by atomic mass is 35.5. The SMILES string of the molecule is CCCC(=O)Nc1cccc(SC(C)C(=O)Nc2ccc(Cl)cc2C(F)(F)F)c1. The summed E-state index contributed by atoms with van der Waals surface area (Å²) in [5.74, 6) is -0.689. The molecule has 29 heavy (non-hydrogen) atoms. The number of alkyl halides is 3. The predicted molar refractivity (Wildman–Crippen MR) is 110 cm³/mol. The number of halogens is 4. The number of carbonyl (C=O) groups is 2. The summed E-state index contributed by atoms with van der Waals surface area (Å²) in [6.45, 7) is 3.49. The Morgan fingerprint density at radius 1 is 1.14 bits per heavy atom. The van der Waals surface area contributed by atoms with Crippen molar-refractivity contribution in [2.45, 2.75) is 43.0 Å². The van der Waals surface area contributed by atoms with Gasteiger partial charge in [-0.05, 0) is 49.7 Å². The van der Waals surface area contributed by atoms with E-state index in [0.717, 1.165) is 18.6 Å². The Morgan fingerprint density at radius 2 is 1.86 bits per heavy atom. The number of benzene rings is 2. The van der Waals surface area contributed by atoms with Gasteiger partial charge in [0.15, 0.2) is 0 Å². The molecule has 2 rings (SSSR count). The molecule has 0 aliphatic rings. The second kappa shape index (κ2) is 10.0. The van der Waals surface area contributed by atoms with E-state index < -0.39 is 22.9 Å². The molecule has 2 aromatic rings. The van der Waals surface area contributed by atoms with Crippen LogP contribution < -0.4 is 10.6 Å². The number of hydrogen-bond acceptors (Lipinski definition) is 3. The van der Waals surface area contributed by atoms with Crippen LogP contribution in [0.2, 0.25) is 5.02 Å². The predicted octanol–water partition coefficient (Wildman–Crippen LogP) is 6.22. The maximum absolute atomic E-state index is 13.2. The Morgan fingerprint density at radius 3 is 2.52 bits per heavy atom. The van der Waals surface area contributed by atoms with Crippen molar-refractivity contribution in [1.82, 2.24) is 0 Å². The quantitative estimate of drug-likeness (QED) is 0.498. The monoisotopic (exact) mass is 444 g/mol. The molecule has 0 saturated heterocycles. The molecule has 156 valence electrons. The lowest BCUT2D eigenvalue weighted by molar-refractivity contribution is -0.137. The van der Waals surface area contributed by atoms with Crippen molar-refractivity contribution >= 4 is 46.6 Å². The highest BCUT2D eigenvalue weighted by Gasteiger charge is 2.34. The van der Waals surface area contributed by atoms with Crippen LogP contribution in [0.3, 0.4) is 0 Å². The molecular weight excluding hydrogens is 425 g/mol. The first-order chi connectivity index (χ1) is 13.6. The summed E-state index contributed by atoms with van der Waals surface area (Å²) in [5.41, 5.74) is -0.755. The lowest BCUT2D eigenvalue weighted by Crippen LogP contribution is -2.24. The Labute approximate surface area is 176 Å². The van der Waals surface area contributed by atoms with Crippen molar-refractivity contribution in [2.24, 2.45) is 0 Å². The highest BCUT2D eigenvalue weighted by molar-refractivity contribution is 8.00. The Bertz CT molecular complexity index is 890. The summed E-state index contributed by atoms with van der Waals surface area (Å²) >= 11 is 6.82. The Hall–Kier alpha value is -2.19. The van der Waals surface area contributed by atoms with Crippen LogP contribution in [0.25, 0.3) is 0 Å². The van der Waals surface area contributed by atoms with E-state index in [2.05, 4.69) is 10.6 Å². The lowest BCUT2D eigenvalue weighted by atomic mass is 10.1. The minimum atomic E-state index is -4.64. The van der Waals surface area contributed by atoms with Crippen molar-refractivity contribution in [1.29, 1.82) is 0 Å². The average molecular weight is 445 g/mol. The largest absolute Gasteiger partial charge is 0.418 e. The minimum absolute atomic E-state index is 0.0697. The first-order valence-electron chi connectivity index (χ1n) is 8.84. The number of hydrogen-bond donors (Lipinski definition) is 2. The molecule has 0 spiro atoms. The number of thioether (sulfide) groups is 1. The maximum atomic E-state index is 13.2. The van der Waals surface area contributed by atoms with Crippen LogP contribution in [0.4, 0.5) is 24.5 Å². The fraction of sp³-hybridized carbons (Fsp3) is 0.300. The van der Waals surface area contributed by atoms with Gasteiger partial charge in [-0.25, -0.2) is 0 Å². The molecule has 4 nitrogen and oxygen atoms in total. The average Bonchev–Trinajstić information content (AvgIpc) is 2.62. The zero-order valence-corrected chi connectivity index (χ0v) is 17.3. The molecule has 2 aromatic carbocycles. The molecule has 0 aliphatic carbocycles. The van der Waals surface area contributed by atoms with Crippen molar-refractivity contribution in [3.05, 3.63) is 53.1 Å². The molecule has 1 atom stereocenters. The van der Waals surface area contributed by atoms with Crippen LogP contribution in [0, 0.1) is 0 Å². The van der Waals surface area contributed by atoms with Gasteiger partial charge in [0.05, 0.1) is 16.5 Å². The second-order valence-electron chi connectivity index (χ2n) is 6.26. The summed E-state index contributed by atoms with van der Waals surface area (Å²) in [4.78, 5) is 24.8. The van der Waals surface area contributed by atoms with Gasteiger partial charge in [0.1, 0.15) is 0 Å². The van der Waals surface area contributed by atoms with E-state index in [9.17, 15) is 22.8 Å². The smallest absolute Gasteiger partial charge is 0.326 e. The van der Waals surface area contributed by atoms with Crippen molar-refractivity contribution in [2.75, 3.05) is 10.6 Å². The van der Waals surface area contributed by atoms with Crippen LogP contribution >= 0.6 is 23.4 Å².